The van der Waals surface area contributed by atoms with Gasteiger partial charge in [0.15, 0.2) is 15.4 Å². The Bertz CT molecular complexity index is 847. The molecule has 0 radical (unpaired) electrons. The largest absolute Gasteiger partial charge is 0.412 e. The second-order valence-electron chi connectivity index (χ2n) is 6.65. The Kier molecular flexibility index (Phi) is 4.55. The Morgan fingerprint density at radius 1 is 1.15 bits per heavy atom. The molecule has 1 saturated carbocycles. The van der Waals surface area contributed by atoms with Gasteiger partial charge >= 0.3 is 6.18 Å². The first kappa shape index (κ1) is 19.1. The Balaban J connectivity index is 1.98. The van der Waals surface area contributed by atoms with Gasteiger partial charge in [-0.2, -0.15) is 13.2 Å². The number of sulfone groups is 1. The van der Waals surface area contributed by atoms with Crippen molar-refractivity contribution in [2.24, 2.45) is 5.92 Å². The average Bonchev–Trinajstić information content (AvgIpc) is 3.16. The molecule has 1 aromatic carbocycles. The van der Waals surface area contributed by atoms with Crippen molar-refractivity contribution < 1.29 is 30.4 Å². The lowest BCUT2D eigenvalue weighted by Gasteiger charge is -2.37. The molecule has 1 fully saturated rings. The van der Waals surface area contributed by atoms with Crippen LogP contribution in [0.15, 0.2) is 29.3 Å². The summed E-state index contributed by atoms with van der Waals surface area (Å²) in [6, 6.07) is 1.04. The van der Waals surface area contributed by atoms with Crippen LogP contribution >= 0.6 is 0 Å². The van der Waals surface area contributed by atoms with Gasteiger partial charge in [0, 0.05) is 18.5 Å². The zero-order valence-corrected chi connectivity index (χ0v) is 14.6. The van der Waals surface area contributed by atoms with E-state index in [1.165, 1.54) is 0 Å². The summed E-state index contributed by atoms with van der Waals surface area (Å²) in [6.45, 7) is 0. The second-order valence-corrected chi connectivity index (χ2v) is 8.64. The molecule has 1 unspecified atom stereocenters. The first-order chi connectivity index (χ1) is 12.0. The van der Waals surface area contributed by atoms with E-state index in [0.717, 1.165) is 17.3 Å². The highest BCUT2D eigenvalue weighted by molar-refractivity contribution is 7.90. The van der Waals surface area contributed by atoms with Crippen LogP contribution in [0.2, 0.25) is 0 Å². The molecule has 0 saturated heterocycles. The van der Waals surface area contributed by atoms with Crippen molar-refractivity contribution >= 4 is 15.5 Å². The molecule has 0 spiro atoms. The Morgan fingerprint density at radius 2 is 1.77 bits per heavy atom. The fourth-order valence-corrected chi connectivity index (χ4v) is 4.32. The van der Waals surface area contributed by atoms with Gasteiger partial charge < -0.3 is 0 Å². The van der Waals surface area contributed by atoms with Gasteiger partial charge in [0.2, 0.25) is 0 Å². The van der Waals surface area contributed by atoms with Gasteiger partial charge in [-0.25, -0.2) is 22.6 Å². The summed E-state index contributed by atoms with van der Waals surface area (Å²) in [5.41, 5.74) is -0.607. The molecule has 1 N–H and O–H groups in total. The Labute approximate surface area is 147 Å². The summed E-state index contributed by atoms with van der Waals surface area (Å²) in [5.74, 6) is -3.09. The smallest absolute Gasteiger partial charge is 0.280 e. The third-order valence-corrected chi connectivity index (χ3v) is 6.03. The average molecular weight is 396 g/mol. The molecule has 4 nitrogen and oxygen atoms in total. The maximum absolute atomic E-state index is 14.3. The molecule has 3 rings (SSSR count). The minimum absolute atomic E-state index is 0.370. The minimum Gasteiger partial charge on any atom is -0.280 e. The van der Waals surface area contributed by atoms with E-state index in [-0.39, 0.29) is 0 Å². The number of benzene rings is 1. The number of rotatable bonds is 3. The molecule has 10 heteroatoms. The van der Waals surface area contributed by atoms with Crippen molar-refractivity contribution in [3.63, 3.8) is 0 Å². The molecule has 1 aromatic rings. The van der Waals surface area contributed by atoms with E-state index >= 15 is 0 Å². The predicted molar refractivity (Wildman–Crippen MR) is 85.0 cm³/mol. The lowest BCUT2D eigenvalue weighted by molar-refractivity contribution is -0.193. The van der Waals surface area contributed by atoms with Crippen LogP contribution in [0, 0.1) is 17.6 Å². The zero-order chi connectivity index (χ0) is 19.3. The Hall–Kier alpha value is -1.68. The minimum atomic E-state index is -4.63. The first-order valence-corrected chi connectivity index (χ1v) is 9.87. The van der Waals surface area contributed by atoms with Crippen molar-refractivity contribution in [3.8, 4) is 0 Å². The van der Waals surface area contributed by atoms with E-state index < -0.39 is 49.7 Å². The van der Waals surface area contributed by atoms with Crippen molar-refractivity contribution in [2.45, 2.75) is 42.3 Å². The molecule has 2 aliphatic rings. The van der Waals surface area contributed by atoms with Gasteiger partial charge in [-0.05, 0) is 30.9 Å². The molecule has 0 amide bonds. The van der Waals surface area contributed by atoms with Gasteiger partial charge in [-0.1, -0.05) is 12.8 Å². The molecule has 0 bridgehead atoms. The fraction of sp³-hybridized carbons (Fsp3) is 0.500. The van der Waals surface area contributed by atoms with Gasteiger partial charge in [0.05, 0.1) is 5.69 Å². The molecule has 26 heavy (non-hydrogen) atoms. The molecular formula is C16H17F5N2O2S. The van der Waals surface area contributed by atoms with Crippen LogP contribution in [-0.2, 0) is 9.84 Å². The molecule has 1 aliphatic carbocycles. The lowest BCUT2D eigenvalue weighted by atomic mass is 9.83. The summed E-state index contributed by atoms with van der Waals surface area (Å²) in [4.78, 5) is -0.847. The third-order valence-electron chi connectivity index (χ3n) is 4.92. The van der Waals surface area contributed by atoms with E-state index in [0.29, 0.717) is 44.1 Å². The third kappa shape index (κ3) is 3.09. The molecule has 144 valence electrons. The standard InChI is InChI=1S/C16H17F5N2O2S/c1-26(24,25)14-9-11(17)13(8-12(14)18)23-7-6-15(22-23,16(19,20)21)10-4-2-3-5-10/h6-10,22H,2-5H2,1H3. The van der Waals surface area contributed by atoms with Gasteiger partial charge in [0.1, 0.15) is 16.5 Å². The number of anilines is 1. The van der Waals surface area contributed by atoms with E-state index in [1.807, 2.05) is 0 Å². The topological polar surface area (TPSA) is 49.4 Å². The maximum atomic E-state index is 14.3. The van der Waals surface area contributed by atoms with Crippen LogP contribution in [0.1, 0.15) is 25.7 Å². The summed E-state index contributed by atoms with van der Waals surface area (Å²) >= 11 is 0. The highest BCUT2D eigenvalue weighted by Crippen LogP contribution is 2.47. The van der Waals surface area contributed by atoms with Crippen molar-refractivity contribution in [1.29, 1.82) is 0 Å². The van der Waals surface area contributed by atoms with Crippen LogP contribution in [0.25, 0.3) is 0 Å². The number of nitrogens with one attached hydrogen (secondary N) is 1. The number of nitrogens with zero attached hydrogens (tertiary/aromatic N) is 1. The predicted octanol–water partition coefficient (Wildman–Crippen LogP) is 3.70. The quantitative estimate of drug-likeness (QED) is 0.792. The number of hydrogen-bond donors (Lipinski definition) is 1. The van der Waals surface area contributed by atoms with Crippen LogP contribution in [0.3, 0.4) is 0 Å². The SMILES string of the molecule is CS(=O)(=O)c1cc(F)c(N2C=CC(C3CCCC3)(C(F)(F)F)N2)cc1F. The van der Waals surface area contributed by atoms with Crippen LogP contribution in [0.5, 0.6) is 0 Å². The zero-order valence-electron chi connectivity index (χ0n) is 13.8. The molecule has 1 atom stereocenters. The Morgan fingerprint density at radius 3 is 2.31 bits per heavy atom. The van der Waals surface area contributed by atoms with E-state index in [2.05, 4.69) is 5.43 Å². The van der Waals surface area contributed by atoms with E-state index in [9.17, 15) is 30.4 Å². The van der Waals surface area contributed by atoms with E-state index in [4.69, 9.17) is 0 Å². The molecule has 1 aliphatic heterocycles. The van der Waals surface area contributed by atoms with Gasteiger partial charge in [-0.3, -0.25) is 5.01 Å². The van der Waals surface area contributed by atoms with E-state index in [1.54, 1.807) is 0 Å². The highest BCUT2D eigenvalue weighted by atomic mass is 32.2. The molecular weight excluding hydrogens is 379 g/mol. The van der Waals surface area contributed by atoms with Crippen LogP contribution < -0.4 is 10.4 Å². The van der Waals surface area contributed by atoms with Crippen molar-refractivity contribution in [2.75, 3.05) is 11.3 Å². The summed E-state index contributed by atoms with van der Waals surface area (Å²) in [6.07, 6.45) is 0.0914. The summed E-state index contributed by atoms with van der Waals surface area (Å²) < 4.78 is 92.6. The second kappa shape index (κ2) is 6.19. The first-order valence-electron chi connectivity index (χ1n) is 7.98. The number of hydrogen-bond acceptors (Lipinski definition) is 4. The number of alkyl halides is 3. The molecule has 0 aromatic heterocycles. The maximum Gasteiger partial charge on any atom is 0.412 e. The summed E-state index contributed by atoms with van der Waals surface area (Å²) in [5, 5.41) is 0.760. The summed E-state index contributed by atoms with van der Waals surface area (Å²) in [7, 11) is -4.01. The van der Waals surface area contributed by atoms with Gasteiger partial charge in [0.25, 0.3) is 0 Å². The van der Waals surface area contributed by atoms with Crippen molar-refractivity contribution in [3.05, 3.63) is 36.0 Å². The lowest BCUT2D eigenvalue weighted by Crippen LogP contribution is -2.60. The molecule has 1 heterocycles. The monoisotopic (exact) mass is 396 g/mol. The van der Waals surface area contributed by atoms with Crippen LogP contribution in [0.4, 0.5) is 27.6 Å². The highest BCUT2D eigenvalue weighted by Gasteiger charge is 2.60. The van der Waals surface area contributed by atoms with Crippen molar-refractivity contribution in [1.82, 2.24) is 5.43 Å². The number of hydrazine groups is 1. The fourth-order valence-electron chi connectivity index (χ4n) is 3.59. The number of halogens is 5. The normalized spacial score (nSPS) is 24.6. The van der Waals surface area contributed by atoms with Crippen LogP contribution in [-0.4, -0.2) is 26.4 Å². The van der Waals surface area contributed by atoms with Gasteiger partial charge in [-0.15, -0.1) is 0 Å².